The van der Waals surface area contributed by atoms with Crippen LogP contribution in [0.2, 0.25) is 0 Å². The SMILES string of the molecule is CCC(C)(CC)n1cncc1C1CCCNC1. The lowest BCUT2D eigenvalue weighted by Gasteiger charge is -2.33. The number of aromatic nitrogens is 2. The molecule has 1 aliphatic heterocycles. The molecule has 3 heteroatoms. The Kier molecular flexibility index (Phi) is 3.87. The lowest BCUT2D eigenvalue weighted by Crippen LogP contribution is -2.34. The summed E-state index contributed by atoms with van der Waals surface area (Å²) in [6, 6.07) is 0. The first-order valence-corrected chi connectivity index (χ1v) is 6.94. The Bertz CT molecular complexity index is 346. The van der Waals surface area contributed by atoms with Crippen molar-refractivity contribution >= 4 is 0 Å². The molecular weight excluding hydrogens is 210 g/mol. The molecule has 1 atom stereocenters. The van der Waals surface area contributed by atoms with Gasteiger partial charge in [0.25, 0.3) is 0 Å². The third kappa shape index (κ3) is 2.39. The molecule has 0 spiro atoms. The summed E-state index contributed by atoms with van der Waals surface area (Å²) in [6.45, 7) is 9.16. The van der Waals surface area contributed by atoms with E-state index in [0.717, 1.165) is 19.4 Å². The average Bonchev–Trinajstić information content (AvgIpc) is 2.88. The molecule has 1 aromatic rings. The van der Waals surface area contributed by atoms with Crippen LogP contribution in [0.5, 0.6) is 0 Å². The number of piperidine rings is 1. The number of nitrogens with zero attached hydrogens (tertiary/aromatic N) is 2. The maximum atomic E-state index is 4.39. The monoisotopic (exact) mass is 235 g/mol. The third-order valence-electron chi connectivity index (χ3n) is 4.49. The van der Waals surface area contributed by atoms with Crippen molar-refractivity contribution in [2.45, 2.75) is 57.9 Å². The first-order chi connectivity index (χ1) is 8.21. The number of nitrogens with one attached hydrogen (secondary N) is 1. The molecule has 1 fully saturated rings. The van der Waals surface area contributed by atoms with Crippen molar-refractivity contribution in [1.82, 2.24) is 14.9 Å². The molecule has 0 amide bonds. The van der Waals surface area contributed by atoms with Crippen LogP contribution in [0, 0.1) is 0 Å². The molecule has 0 saturated carbocycles. The van der Waals surface area contributed by atoms with Gasteiger partial charge >= 0.3 is 0 Å². The Balaban J connectivity index is 2.26. The second-order valence-electron chi connectivity index (χ2n) is 5.44. The third-order valence-corrected chi connectivity index (χ3v) is 4.49. The van der Waals surface area contributed by atoms with Crippen LogP contribution >= 0.6 is 0 Å². The van der Waals surface area contributed by atoms with Crippen molar-refractivity contribution in [3.63, 3.8) is 0 Å². The van der Waals surface area contributed by atoms with Crippen LogP contribution in [0.4, 0.5) is 0 Å². The summed E-state index contributed by atoms with van der Waals surface area (Å²) in [6.07, 6.45) is 8.99. The van der Waals surface area contributed by atoms with E-state index in [1.807, 2.05) is 6.33 Å². The van der Waals surface area contributed by atoms with E-state index in [1.165, 1.54) is 25.1 Å². The molecule has 0 radical (unpaired) electrons. The summed E-state index contributed by atoms with van der Waals surface area (Å²) in [4.78, 5) is 4.39. The van der Waals surface area contributed by atoms with Gasteiger partial charge in [-0.3, -0.25) is 0 Å². The van der Waals surface area contributed by atoms with E-state index < -0.39 is 0 Å². The van der Waals surface area contributed by atoms with Crippen molar-refractivity contribution in [2.75, 3.05) is 13.1 Å². The molecule has 0 bridgehead atoms. The molecule has 3 nitrogen and oxygen atoms in total. The quantitative estimate of drug-likeness (QED) is 0.869. The van der Waals surface area contributed by atoms with E-state index in [9.17, 15) is 0 Å². The predicted molar refractivity (Wildman–Crippen MR) is 71.3 cm³/mol. The zero-order valence-electron chi connectivity index (χ0n) is 11.4. The van der Waals surface area contributed by atoms with Crippen LogP contribution in [-0.4, -0.2) is 22.6 Å². The molecule has 0 aromatic carbocycles. The van der Waals surface area contributed by atoms with Gasteiger partial charge in [-0.05, 0) is 39.2 Å². The summed E-state index contributed by atoms with van der Waals surface area (Å²) in [5.74, 6) is 0.642. The minimum atomic E-state index is 0.225. The van der Waals surface area contributed by atoms with E-state index in [1.54, 1.807) is 0 Å². The number of hydrogen-bond acceptors (Lipinski definition) is 2. The van der Waals surface area contributed by atoms with Gasteiger partial charge in [0.15, 0.2) is 0 Å². The fourth-order valence-corrected chi connectivity index (χ4v) is 2.75. The highest BCUT2D eigenvalue weighted by Gasteiger charge is 2.27. The summed E-state index contributed by atoms with van der Waals surface area (Å²) >= 11 is 0. The van der Waals surface area contributed by atoms with E-state index in [4.69, 9.17) is 0 Å². The van der Waals surface area contributed by atoms with Gasteiger partial charge in [-0.15, -0.1) is 0 Å². The van der Waals surface area contributed by atoms with Crippen LogP contribution in [0.1, 0.15) is 58.1 Å². The van der Waals surface area contributed by atoms with E-state index >= 15 is 0 Å². The molecule has 1 saturated heterocycles. The van der Waals surface area contributed by atoms with E-state index in [0.29, 0.717) is 5.92 Å². The fourth-order valence-electron chi connectivity index (χ4n) is 2.75. The van der Waals surface area contributed by atoms with Crippen LogP contribution < -0.4 is 5.32 Å². The van der Waals surface area contributed by atoms with Crippen molar-refractivity contribution in [1.29, 1.82) is 0 Å². The van der Waals surface area contributed by atoms with Crippen molar-refractivity contribution < 1.29 is 0 Å². The van der Waals surface area contributed by atoms with Crippen molar-refractivity contribution in [2.24, 2.45) is 0 Å². The van der Waals surface area contributed by atoms with Crippen molar-refractivity contribution in [3.05, 3.63) is 18.2 Å². The second kappa shape index (κ2) is 5.21. The van der Waals surface area contributed by atoms with Gasteiger partial charge in [0.1, 0.15) is 0 Å². The second-order valence-corrected chi connectivity index (χ2v) is 5.44. The van der Waals surface area contributed by atoms with Gasteiger partial charge in [-0.25, -0.2) is 4.98 Å². The molecule has 1 aromatic heterocycles. The minimum absolute atomic E-state index is 0.225. The van der Waals surface area contributed by atoms with Gasteiger partial charge in [0.05, 0.1) is 6.33 Å². The summed E-state index contributed by atoms with van der Waals surface area (Å²) in [5, 5.41) is 3.50. The molecule has 17 heavy (non-hydrogen) atoms. The Labute approximate surface area is 105 Å². The topological polar surface area (TPSA) is 29.9 Å². The lowest BCUT2D eigenvalue weighted by atomic mass is 9.91. The Morgan fingerprint density at radius 1 is 1.47 bits per heavy atom. The number of rotatable bonds is 4. The van der Waals surface area contributed by atoms with Crippen LogP contribution in [0.3, 0.4) is 0 Å². The van der Waals surface area contributed by atoms with E-state index in [2.05, 4.69) is 41.8 Å². The highest BCUT2D eigenvalue weighted by atomic mass is 15.1. The maximum Gasteiger partial charge on any atom is 0.0953 e. The summed E-state index contributed by atoms with van der Waals surface area (Å²) in [7, 11) is 0. The molecule has 2 heterocycles. The smallest absolute Gasteiger partial charge is 0.0953 e. The maximum absolute atomic E-state index is 4.39. The highest BCUT2D eigenvalue weighted by molar-refractivity contribution is 5.11. The Hall–Kier alpha value is -0.830. The average molecular weight is 235 g/mol. The zero-order chi connectivity index (χ0) is 12.3. The number of imidazole rings is 1. The fraction of sp³-hybridized carbons (Fsp3) is 0.786. The molecule has 1 aliphatic rings. The molecule has 1 N–H and O–H groups in total. The normalized spacial score (nSPS) is 21.7. The van der Waals surface area contributed by atoms with Crippen molar-refractivity contribution in [3.8, 4) is 0 Å². The number of hydrogen-bond donors (Lipinski definition) is 1. The van der Waals surface area contributed by atoms with Crippen LogP contribution in [0.25, 0.3) is 0 Å². The van der Waals surface area contributed by atoms with E-state index in [-0.39, 0.29) is 5.54 Å². The Morgan fingerprint density at radius 3 is 2.82 bits per heavy atom. The van der Waals surface area contributed by atoms with Gasteiger partial charge in [0.2, 0.25) is 0 Å². The van der Waals surface area contributed by atoms with Crippen LogP contribution in [-0.2, 0) is 5.54 Å². The molecule has 1 unspecified atom stereocenters. The lowest BCUT2D eigenvalue weighted by molar-refractivity contribution is 0.276. The van der Waals surface area contributed by atoms with Crippen LogP contribution in [0.15, 0.2) is 12.5 Å². The molecule has 0 aliphatic carbocycles. The first-order valence-electron chi connectivity index (χ1n) is 6.94. The molecule has 2 rings (SSSR count). The standard InChI is InChI=1S/C14H25N3/c1-4-14(3,5-2)17-11-16-10-13(17)12-7-6-8-15-9-12/h10-12,15H,4-9H2,1-3H3. The first kappa shape index (κ1) is 12.6. The molecule has 96 valence electrons. The minimum Gasteiger partial charge on any atom is -0.328 e. The van der Waals surface area contributed by atoms with Gasteiger partial charge in [-0.2, -0.15) is 0 Å². The summed E-state index contributed by atoms with van der Waals surface area (Å²) in [5.41, 5.74) is 1.65. The van der Waals surface area contributed by atoms with Gasteiger partial charge in [-0.1, -0.05) is 13.8 Å². The molecular formula is C14H25N3. The predicted octanol–water partition coefficient (Wildman–Crippen LogP) is 2.89. The highest BCUT2D eigenvalue weighted by Crippen LogP contribution is 2.31. The summed E-state index contributed by atoms with van der Waals surface area (Å²) < 4.78 is 2.42. The Morgan fingerprint density at radius 2 is 2.24 bits per heavy atom. The van der Waals surface area contributed by atoms with Gasteiger partial charge in [0, 0.05) is 29.9 Å². The largest absolute Gasteiger partial charge is 0.328 e. The van der Waals surface area contributed by atoms with Gasteiger partial charge < -0.3 is 9.88 Å². The zero-order valence-corrected chi connectivity index (χ0v) is 11.4.